The Balaban J connectivity index is 2.66. The highest BCUT2D eigenvalue weighted by Gasteiger charge is 2.37. The molecule has 0 aromatic rings. The molecule has 0 unspecified atom stereocenters. The molecule has 1 saturated heterocycles. The molecule has 1 rings (SSSR count). The van der Waals surface area contributed by atoms with E-state index in [2.05, 4.69) is 5.32 Å². The molecule has 94 valence electrons. The number of hydrogen-bond acceptors (Lipinski definition) is 4. The van der Waals surface area contributed by atoms with Crippen molar-refractivity contribution in [3.63, 3.8) is 0 Å². The molecule has 0 radical (unpaired) electrons. The maximum Gasteiger partial charge on any atom is 0.252 e. The van der Waals surface area contributed by atoms with Crippen molar-refractivity contribution in [2.24, 2.45) is 5.73 Å². The van der Waals surface area contributed by atoms with Crippen molar-refractivity contribution in [1.29, 1.82) is 0 Å². The van der Waals surface area contributed by atoms with E-state index in [-0.39, 0.29) is 11.4 Å². The van der Waals surface area contributed by atoms with Crippen LogP contribution < -0.4 is 11.1 Å². The van der Waals surface area contributed by atoms with Gasteiger partial charge in [-0.3, -0.25) is 4.79 Å². The summed E-state index contributed by atoms with van der Waals surface area (Å²) in [6, 6.07) is 0. The Bertz CT molecular complexity index is 248. The van der Waals surface area contributed by atoms with E-state index in [1.54, 1.807) is 13.8 Å². The molecule has 0 atom stereocenters. The second-order valence-electron chi connectivity index (χ2n) is 4.77. The van der Waals surface area contributed by atoms with Crippen molar-refractivity contribution in [3.05, 3.63) is 0 Å². The summed E-state index contributed by atoms with van der Waals surface area (Å²) in [5.41, 5.74) is 4.61. The van der Waals surface area contributed by atoms with Crippen LogP contribution in [0.1, 0.15) is 26.7 Å². The molecule has 1 heterocycles. The molecule has 1 amide bonds. The van der Waals surface area contributed by atoms with Crippen LogP contribution in [0.15, 0.2) is 0 Å². The SMILES string of the molecule is COC(C)(C)C(=O)NC1(CN)CCOCC1. The molecular weight excluding hydrogens is 208 g/mol. The predicted molar refractivity (Wildman–Crippen MR) is 61.1 cm³/mol. The Morgan fingerprint density at radius 3 is 2.50 bits per heavy atom. The molecule has 16 heavy (non-hydrogen) atoms. The summed E-state index contributed by atoms with van der Waals surface area (Å²) in [6.07, 6.45) is 1.52. The van der Waals surface area contributed by atoms with E-state index in [9.17, 15) is 4.79 Å². The van der Waals surface area contributed by atoms with Gasteiger partial charge in [-0.2, -0.15) is 0 Å². The van der Waals surface area contributed by atoms with Crippen LogP contribution in [-0.2, 0) is 14.3 Å². The summed E-state index contributed by atoms with van der Waals surface area (Å²) in [5, 5.41) is 3.00. The summed E-state index contributed by atoms with van der Waals surface area (Å²) in [7, 11) is 1.53. The zero-order valence-corrected chi connectivity index (χ0v) is 10.3. The van der Waals surface area contributed by atoms with Gasteiger partial charge >= 0.3 is 0 Å². The van der Waals surface area contributed by atoms with Crippen molar-refractivity contribution in [3.8, 4) is 0 Å². The van der Waals surface area contributed by atoms with Gasteiger partial charge in [-0.15, -0.1) is 0 Å². The van der Waals surface area contributed by atoms with Gasteiger partial charge in [-0.25, -0.2) is 0 Å². The zero-order valence-electron chi connectivity index (χ0n) is 10.3. The lowest BCUT2D eigenvalue weighted by Gasteiger charge is -2.39. The number of nitrogens with two attached hydrogens (primary N) is 1. The Hall–Kier alpha value is -0.650. The number of rotatable bonds is 4. The minimum Gasteiger partial charge on any atom is -0.381 e. The predicted octanol–water partition coefficient (Wildman–Crippen LogP) is 0.0355. The smallest absolute Gasteiger partial charge is 0.252 e. The van der Waals surface area contributed by atoms with E-state index in [0.29, 0.717) is 19.8 Å². The molecule has 1 fully saturated rings. The lowest BCUT2D eigenvalue weighted by atomic mass is 9.89. The summed E-state index contributed by atoms with van der Waals surface area (Å²) in [5.74, 6) is -0.123. The molecule has 5 nitrogen and oxygen atoms in total. The van der Waals surface area contributed by atoms with Crippen molar-refractivity contribution in [1.82, 2.24) is 5.32 Å². The Morgan fingerprint density at radius 2 is 2.06 bits per heavy atom. The van der Waals surface area contributed by atoms with Gasteiger partial charge in [0.2, 0.25) is 0 Å². The fourth-order valence-corrected chi connectivity index (χ4v) is 1.63. The Labute approximate surface area is 96.7 Å². The van der Waals surface area contributed by atoms with Crippen LogP contribution >= 0.6 is 0 Å². The third-order valence-electron chi connectivity index (χ3n) is 3.28. The Morgan fingerprint density at radius 1 is 1.50 bits per heavy atom. The number of amides is 1. The monoisotopic (exact) mass is 230 g/mol. The molecule has 1 aliphatic rings. The van der Waals surface area contributed by atoms with E-state index in [1.807, 2.05) is 0 Å². The van der Waals surface area contributed by atoms with Gasteiger partial charge in [0.25, 0.3) is 5.91 Å². The van der Waals surface area contributed by atoms with Gasteiger partial charge in [0.15, 0.2) is 0 Å². The highest BCUT2D eigenvalue weighted by atomic mass is 16.5. The zero-order chi connectivity index (χ0) is 12.2. The van der Waals surface area contributed by atoms with E-state index in [0.717, 1.165) is 12.8 Å². The number of carbonyl (C=O) groups is 1. The molecule has 0 bridgehead atoms. The van der Waals surface area contributed by atoms with Crippen LogP contribution in [0.5, 0.6) is 0 Å². The molecular formula is C11H22N2O3. The molecule has 0 spiro atoms. The Kier molecular flexibility index (Phi) is 4.29. The van der Waals surface area contributed by atoms with Gasteiger partial charge in [0.1, 0.15) is 5.60 Å². The lowest BCUT2D eigenvalue weighted by Crippen LogP contribution is -2.60. The highest BCUT2D eigenvalue weighted by molar-refractivity contribution is 5.85. The molecule has 0 saturated carbocycles. The first-order valence-corrected chi connectivity index (χ1v) is 5.61. The minimum atomic E-state index is -0.819. The fourth-order valence-electron chi connectivity index (χ4n) is 1.63. The van der Waals surface area contributed by atoms with Crippen LogP contribution in [0.25, 0.3) is 0 Å². The molecule has 5 heteroatoms. The summed E-state index contributed by atoms with van der Waals surface area (Å²) < 4.78 is 10.4. The van der Waals surface area contributed by atoms with Gasteiger partial charge < -0.3 is 20.5 Å². The van der Waals surface area contributed by atoms with Crippen molar-refractivity contribution in [2.75, 3.05) is 26.9 Å². The highest BCUT2D eigenvalue weighted by Crippen LogP contribution is 2.21. The van der Waals surface area contributed by atoms with Gasteiger partial charge in [0, 0.05) is 26.9 Å². The average Bonchev–Trinajstić information content (AvgIpc) is 2.30. The molecule has 0 aromatic heterocycles. The quantitative estimate of drug-likeness (QED) is 0.715. The van der Waals surface area contributed by atoms with E-state index < -0.39 is 5.60 Å². The second-order valence-corrected chi connectivity index (χ2v) is 4.77. The van der Waals surface area contributed by atoms with Crippen LogP contribution in [-0.4, -0.2) is 43.9 Å². The third kappa shape index (κ3) is 2.93. The van der Waals surface area contributed by atoms with Crippen LogP contribution in [0, 0.1) is 0 Å². The first-order valence-electron chi connectivity index (χ1n) is 5.61. The van der Waals surface area contributed by atoms with Gasteiger partial charge in [-0.05, 0) is 26.7 Å². The number of nitrogens with one attached hydrogen (secondary N) is 1. The standard InChI is InChI=1S/C11H22N2O3/c1-10(2,15-3)9(14)13-11(8-12)4-6-16-7-5-11/h4-8,12H2,1-3H3,(H,13,14). The average molecular weight is 230 g/mol. The first kappa shape index (κ1) is 13.4. The van der Waals surface area contributed by atoms with Crippen molar-refractivity contribution < 1.29 is 14.3 Å². The minimum absolute atomic E-state index is 0.123. The third-order valence-corrected chi connectivity index (χ3v) is 3.28. The van der Waals surface area contributed by atoms with E-state index >= 15 is 0 Å². The maximum absolute atomic E-state index is 12.0. The normalized spacial score (nSPS) is 20.5. The molecule has 0 aliphatic carbocycles. The van der Waals surface area contributed by atoms with E-state index in [4.69, 9.17) is 15.2 Å². The summed E-state index contributed by atoms with van der Waals surface area (Å²) in [4.78, 5) is 12.0. The molecule has 0 aromatic carbocycles. The first-order chi connectivity index (χ1) is 7.46. The lowest BCUT2D eigenvalue weighted by molar-refractivity contribution is -0.142. The molecule has 3 N–H and O–H groups in total. The maximum atomic E-state index is 12.0. The largest absolute Gasteiger partial charge is 0.381 e. The van der Waals surface area contributed by atoms with Crippen molar-refractivity contribution in [2.45, 2.75) is 37.8 Å². The summed E-state index contributed by atoms with van der Waals surface area (Å²) >= 11 is 0. The van der Waals surface area contributed by atoms with Crippen LogP contribution in [0.2, 0.25) is 0 Å². The molecule has 1 aliphatic heterocycles. The van der Waals surface area contributed by atoms with Crippen LogP contribution in [0.3, 0.4) is 0 Å². The van der Waals surface area contributed by atoms with E-state index in [1.165, 1.54) is 7.11 Å². The van der Waals surface area contributed by atoms with Crippen LogP contribution in [0.4, 0.5) is 0 Å². The number of ether oxygens (including phenoxy) is 2. The number of carbonyl (C=O) groups excluding carboxylic acids is 1. The topological polar surface area (TPSA) is 73.6 Å². The number of methoxy groups -OCH3 is 1. The summed E-state index contributed by atoms with van der Waals surface area (Å²) in [6.45, 7) is 5.20. The van der Waals surface area contributed by atoms with Gasteiger partial charge in [0.05, 0.1) is 5.54 Å². The second kappa shape index (κ2) is 5.12. The fraction of sp³-hybridized carbons (Fsp3) is 0.909. The van der Waals surface area contributed by atoms with Crippen molar-refractivity contribution >= 4 is 5.91 Å². The van der Waals surface area contributed by atoms with Gasteiger partial charge in [-0.1, -0.05) is 0 Å². The number of hydrogen-bond donors (Lipinski definition) is 2.